The van der Waals surface area contributed by atoms with E-state index in [1.165, 1.54) is 10.6 Å². The summed E-state index contributed by atoms with van der Waals surface area (Å²) in [7, 11) is 1.69. The number of thiazole rings is 1. The highest BCUT2D eigenvalue weighted by molar-refractivity contribution is 7.15. The number of hydrogen-bond donors (Lipinski definition) is 0. The molecule has 0 radical (unpaired) electrons. The third-order valence-corrected chi connectivity index (χ3v) is 4.81. The Kier molecular flexibility index (Phi) is 4.63. The van der Waals surface area contributed by atoms with Gasteiger partial charge in [0.1, 0.15) is 5.75 Å². The van der Waals surface area contributed by atoms with E-state index in [2.05, 4.69) is 26.9 Å². The summed E-state index contributed by atoms with van der Waals surface area (Å²) in [6.07, 6.45) is 1.88. The van der Waals surface area contributed by atoms with Crippen molar-refractivity contribution < 1.29 is 4.74 Å². The van der Waals surface area contributed by atoms with Gasteiger partial charge in [0.15, 0.2) is 4.47 Å². The lowest BCUT2D eigenvalue weighted by atomic mass is 10.2. The molecule has 112 valence electrons. The van der Waals surface area contributed by atoms with Crippen LogP contribution in [-0.4, -0.2) is 43.2 Å². The van der Waals surface area contributed by atoms with Crippen molar-refractivity contribution in [1.29, 1.82) is 0 Å². The summed E-state index contributed by atoms with van der Waals surface area (Å²) in [6, 6.07) is 8.27. The highest BCUT2D eigenvalue weighted by Gasteiger charge is 2.18. The minimum Gasteiger partial charge on any atom is -0.497 e. The summed E-state index contributed by atoms with van der Waals surface area (Å²) in [5, 5.41) is 0. The number of ether oxygens (including phenoxy) is 1. The molecule has 0 N–H and O–H groups in total. The first-order chi connectivity index (χ1) is 10.2. The lowest BCUT2D eigenvalue weighted by Crippen LogP contribution is -2.45. The molecule has 1 aliphatic heterocycles. The van der Waals surface area contributed by atoms with E-state index in [0.717, 1.165) is 38.5 Å². The standard InChI is InChI=1S/C15H18ClN3OS/c1-20-13-4-2-12(3-5-13)19-8-6-18(7-9-19)11-14-10-17-15(16)21-14/h2-5,10H,6-9,11H2,1H3. The molecule has 0 saturated carbocycles. The van der Waals surface area contributed by atoms with Crippen molar-refractivity contribution in [2.24, 2.45) is 0 Å². The van der Waals surface area contributed by atoms with Crippen LogP contribution >= 0.6 is 22.9 Å². The maximum atomic E-state index is 5.88. The number of hydrogen-bond acceptors (Lipinski definition) is 5. The van der Waals surface area contributed by atoms with Crippen LogP contribution in [0.3, 0.4) is 0 Å². The summed E-state index contributed by atoms with van der Waals surface area (Å²) < 4.78 is 5.83. The number of halogens is 1. The second-order valence-electron chi connectivity index (χ2n) is 5.04. The largest absolute Gasteiger partial charge is 0.497 e. The molecule has 0 aliphatic carbocycles. The monoisotopic (exact) mass is 323 g/mol. The molecule has 6 heteroatoms. The second-order valence-corrected chi connectivity index (χ2v) is 6.74. The first-order valence-electron chi connectivity index (χ1n) is 6.96. The zero-order chi connectivity index (χ0) is 14.7. The van der Waals surface area contributed by atoms with E-state index in [4.69, 9.17) is 16.3 Å². The Morgan fingerprint density at radius 3 is 2.48 bits per heavy atom. The molecule has 1 saturated heterocycles. The fourth-order valence-corrected chi connectivity index (χ4v) is 3.55. The molecular weight excluding hydrogens is 306 g/mol. The first kappa shape index (κ1) is 14.6. The van der Waals surface area contributed by atoms with Crippen LogP contribution in [-0.2, 0) is 6.54 Å². The minimum absolute atomic E-state index is 0.627. The van der Waals surface area contributed by atoms with E-state index in [1.54, 1.807) is 18.4 Å². The zero-order valence-electron chi connectivity index (χ0n) is 12.0. The van der Waals surface area contributed by atoms with Gasteiger partial charge in [0, 0.05) is 49.5 Å². The molecule has 1 aromatic carbocycles. The third-order valence-electron chi connectivity index (χ3n) is 3.71. The van der Waals surface area contributed by atoms with Crippen molar-refractivity contribution in [2.45, 2.75) is 6.54 Å². The maximum Gasteiger partial charge on any atom is 0.183 e. The van der Waals surface area contributed by atoms with Crippen molar-refractivity contribution in [3.63, 3.8) is 0 Å². The van der Waals surface area contributed by atoms with Crippen molar-refractivity contribution in [3.8, 4) is 5.75 Å². The predicted octanol–water partition coefficient (Wildman–Crippen LogP) is 3.13. The van der Waals surface area contributed by atoms with E-state index in [9.17, 15) is 0 Å². The number of rotatable bonds is 4. The van der Waals surface area contributed by atoms with Crippen molar-refractivity contribution >= 4 is 28.6 Å². The van der Waals surface area contributed by atoms with Gasteiger partial charge in [-0.05, 0) is 24.3 Å². The molecule has 1 fully saturated rings. The van der Waals surface area contributed by atoms with Crippen LogP contribution in [0.25, 0.3) is 0 Å². The molecule has 0 spiro atoms. The summed E-state index contributed by atoms with van der Waals surface area (Å²) in [5.41, 5.74) is 1.26. The van der Waals surface area contributed by atoms with Crippen LogP contribution in [0.1, 0.15) is 4.88 Å². The van der Waals surface area contributed by atoms with Gasteiger partial charge in [-0.15, -0.1) is 11.3 Å². The fraction of sp³-hybridized carbons (Fsp3) is 0.400. The number of piperazine rings is 1. The lowest BCUT2D eigenvalue weighted by molar-refractivity contribution is 0.252. The van der Waals surface area contributed by atoms with Crippen LogP contribution in [0.5, 0.6) is 5.75 Å². The molecule has 21 heavy (non-hydrogen) atoms. The van der Waals surface area contributed by atoms with Crippen LogP contribution in [0.2, 0.25) is 4.47 Å². The van der Waals surface area contributed by atoms with Gasteiger partial charge in [-0.25, -0.2) is 4.98 Å². The highest BCUT2D eigenvalue weighted by atomic mass is 35.5. The van der Waals surface area contributed by atoms with E-state index in [0.29, 0.717) is 4.47 Å². The highest BCUT2D eigenvalue weighted by Crippen LogP contribution is 2.23. The average Bonchev–Trinajstić information content (AvgIpc) is 2.93. The smallest absolute Gasteiger partial charge is 0.183 e. The van der Waals surface area contributed by atoms with Crippen LogP contribution < -0.4 is 9.64 Å². The fourth-order valence-electron chi connectivity index (χ4n) is 2.53. The molecule has 1 aliphatic rings. The van der Waals surface area contributed by atoms with Gasteiger partial charge in [0.2, 0.25) is 0 Å². The van der Waals surface area contributed by atoms with Gasteiger partial charge in [-0.3, -0.25) is 4.90 Å². The van der Waals surface area contributed by atoms with Crippen molar-refractivity contribution in [1.82, 2.24) is 9.88 Å². The van der Waals surface area contributed by atoms with Crippen molar-refractivity contribution in [2.75, 3.05) is 38.2 Å². The summed E-state index contributed by atoms with van der Waals surface area (Å²) in [6.45, 7) is 5.14. The quantitative estimate of drug-likeness (QED) is 0.864. The van der Waals surface area contributed by atoms with Crippen LogP contribution in [0, 0.1) is 0 Å². The molecule has 0 amide bonds. The molecule has 0 atom stereocenters. The number of nitrogens with zero attached hydrogens (tertiary/aromatic N) is 3. The Bertz CT molecular complexity index is 579. The molecular formula is C15H18ClN3OS. The van der Waals surface area contributed by atoms with Gasteiger partial charge in [-0.1, -0.05) is 11.6 Å². The van der Waals surface area contributed by atoms with Crippen molar-refractivity contribution in [3.05, 3.63) is 39.8 Å². The van der Waals surface area contributed by atoms with Gasteiger partial charge in [0.25, 0.3) is 0 Å². The first-order valence-corrected chi connectivity index (χ1v) is 8.15. The van der Waals surface area contributed by atoms with Gasteiger partial charge >= 0.3 is 0 Å². The Labute approximate surface area is 133 Å². The van der Waals surface area contributed by atoms with Gasteiger partial charge < -0.3 is 9.64 Å². The molecule has 3 rings (SSSR count). The van der Waals surface area contributed by atoms with E-state index in [-0.39, 0.29) is 0 Å². The Hall–Kier alpha value is -1.30. The summed E-state index contributed by atoms with van der Waals surface area (Å²) in [5.74, 6) is 0.902. The summed E-state index contributed by atoms with van der Waals surface area (Å²) in [4.78, 5) is 10.2. The topological polar surface area (TPSA) is 28.6 Å². The number of anilines is 1. The minimum atomic E-state index is 0.627. The van der Waals surface area contributed by atoms with Gasteiger partial charge in [0.05, 0.1) is 7.11 Å². The Morgan fingerprint density at radius 1 is 1.19 bits per heavy atom. The van der Waals surface area contributed by atoms with Gasteiger partial charge in [-0.2, -0.15) is 0 Å². The Morgan fingerprint density at radius 2 is 1.90 bits per heavy atom. The van der Waals surface area contributed by atoms with E-state index < -0.39 is 0 Å². The molecule has 0 unspecified atom stereocenters. The van der Waals surface area contributed by atoms with E-state index >= 15 is 0 Å². The number of benzene rings is 1. The molecule has 0 bridgehead atoms. The lowest BCUT2D eigenvalue weighted by Gasteiger charge is -2.35. The molecule has 1 aromatic heterocycles. The van der Waals surface area contributed by atoms with Crippen LogP contribution in [0.15, 0.2) is 30.5 Å². The third kappa shape index (κ3) is 3.67. The SMILES string of the molecule is COc1ccc(N2CCN(Cc3cnc(Cl)s3)CC2)cc1. The Balaban J connectivity index is 1.54. The van der Waals surface area contributed by atoms with Crippen LogP contribution in [0.4, 0.5) is 5.69 Å². The number of methoxy groups -OCH3 is 1. The molecule has 2 heterocycles. The second kappa shape index (κ2) is 6.64. The normalized spacial score (nSPS) is 16.2. The average molecular weight is 324 g/mol. The van der Waals surface area contributed by atoms with E-state index in [1.807, 2.05) is 18.3 Å². The number of aromatic nitrogens is 1. The molecule has 4 nitrogen and oxygen atoms in total. The zero-order valence-corrected chi connectivity index (χ0v) is 13.5. The maximum absolute atomic E-state index is 5.88. The summed E-state index contributed by atoms with van der Waals surface area (Å²) >= 11 is 7.44. The predicted molar refractivity (Wildman–Crippen MR) is 87.6 cm³/mol. The molecule has 2 aromatic rings.